The van der Waals surface area contributed by atoms with Gasteiger partial charge in [0.25, 0.3) is 0 Å². The summed E-state index contributed by atoms with van der Waals surface area (Å²) in [6.07, 6.45) is 12.5. The Morgan fingerprint density at radius 2 is 0.967 bits per heavy atom. The number of fused-ring (bicyclic) bond motifs is 6. The number of aliphatic hydroxyl groups is 3. The molecule has 19 heteroatoms. The Morgan fingerprint density at radius 3 is 1.35 bits per heavy atom. The van der Waals surface area contributed by atoms with Crippen LogP contribution in [0.2, 0.25) is 30.7 Å². The first kappa shape index (κ1) is 66.9. The first-order valence-corrected chi connectivity index (χ1v) is 36.2. The molecule has 0 saturated carbocycles. The molecule has 17 nitrogen and oxygen atoms in total. The third-order valence-electron chi connectivity index (χ3n) is 20.0. The summed E-state index contributed by atoms with van der Waals surface area (Å²) in [5.41, 5.74) is 10.2. The van der Waals surface area contributed by atoms with Crippen LogP contribution in [-0.2, 0) is 6.42 Å². The standard InChI is InChI=1S/C27H29ClN4O2.C25H33N3O2Si.C21H20N4O2/c1-17-25(24(34)15-31-20-10-11-21(31)23(33)13-20)26(28)22(5-4-12-27(2,3)16-30)32(17)19-8-6-18(14-29)7-9-19;1-17-22(25(30)16-27-20-9-10-23(27)24(29)14-20)13-21(11-12-31(2,3)4)28(17)19-7-5-18(15-26)6-8-19;1-13-18(21(27)12-24-16-6-7-19(24)20(26)9-16)8-17(11-23)25(13)15-4-2-14(10-22)3-5-15/h4-9,20-21,23,33H,10-13,15H2,1-3H3;5-8,13,20,23-24,29H,9-12,14,16H2,1-4H3;2-5,8,16,19-20,26H,6-7,9,12H2,1H3/b5-4+;;/t20?,21?,23-;20?,23?,24-;16?,19?,20-/m000/s1. The predicted octanol–water partition coefficient (Wildman–Crippen LogP) is 11.7. The number of aliphatic hydroxyl groups excluding tert-OH is 3. The topological polar surface area (TPSA) is 255 Å². The van der Waals surface area contributed by atoms with Crippen molar-refractivity contribution < 1.29 is 29.7 Å². The molecule has 6 aliphatic heterocycles. The molecule has 0 spiro atoms. The minimum absolute atomic E-state index is 0.0256. The Bertz CT molecular complexity index is 4030. The fraction of sp³-hybridized carbons (Fsp3) is 0.452. The Kier molecular flexibility index (Phi) is 20.1. The van der Waals surface area contributed by atoms with Gasteiger partial charge in [-0.2, -0.15) is 26.3 Å². The number of halogens is 1. The second kappa shape index (κ2) is 27.7. The summed E-state index contributed by atoms with van der Waals surface area (Å²) in [5, 5.41) is 77.1. The molecule has 6 fully saturated rings. The lowest BCUT2D eigenvalue weighted by molar-refractivity contribution is 0.0864. The maximum atomic E-state index is 13.5. The summed E-state index contributed by atoms with van der Waals surface area (Å²) in [4.78, 5) is 46.3. The van der Waals surface area contributed by atoms with Crippen LogP contribution in [-0.4, -0.2) is 143 Å². The summed E-state index contributed by atoms with van der Waals surface area (Å²) in [5.74, 6) is 0.0560. The fourth-order valence-electron chi connectivity index (χ4n) is 15.0. The van der Waals surface area contributed by atoms with Crippen LogP contribution in [0.5, 0.6) is 0 Å². The molecule has 6 saturated heterocycles. The molecule has 0 radical (unpaired) electrons. The number of aromatic nitrogens is 3. The number of benzene rings is 3. The largest absolute Gasteiger partial charge is 0.391 e. The van der Waals surface area contributed by atoms with Crippen molar-refractivity contribution in [2.75, 3.05) is 19.6 Å². The zero-order chi connectivity index (χ0) is 66.1. The fourth-order valence-corrected chi connectivity index (χ4v) is 16.4. The molecule has 9 heterocycles. The van der Waals surface area contributed by atoms with Crippen LogP contribution in [0.4, 0.5) is 0 Å². The number of carbonyl (C=O) groups excluding carboxylic acids is 3. The lowest BCUT2D eigenvalue weighted by atomic mass is 9.91. The van der Waals surface area contributed by atoms with Gasteiger partial charge in [0.2, 0.25) is 0 Å². The summed E-state index contributed by atoms with van der Waals surface area (Å²) in [6.45, 7) is 17.5. The molecule has 476 valence electrons. The quantitative estimate of drug-likeness (QED) is 0.0534. The van der Waals surface area contributed by atoms with Crippen molar-refractivity contribution in [2.45, 2.75) is 185 Å². The maximum Gasteiger partial charge on any atom is 0.180 e. The van der Waals surface area contributed by atoms with Crippen molar-refractivity contribution in [1.82, 2.24) is 28.4 Å². The van der Waals surface area contributed by atoms with E-state index in [9.17, 15) is 40.2 Å². The second-order valence-corrected chi connectivity index (χ2v) is 33.7. The zero-order valence-corrected chi connectivity index (χ0v) is 55.7. The predicted molar refractivity (Wildman–Crippen MR) is 356 cm³/mol. The van der Waals surface area contributed by atoms with Crippen LogP contribution >= 0.6 is 11.6 Å². The van der Waals surface area contributed by atoms with Crippen molar-refractivity contribution in [3.05, 3.63) is 164 Å². The number of Topliss-reactive ketones (excluding diaryl/α,β-unsaturated/α-hetero) is 3. The highest BCUT2D eigenvalue weighted by Crippen LogP contribution is 2.42. The number of aryl methyl sites for hydroxylation is 1. The van der Waals surface area contributed by atoms with Gasteiger partial charge in [-0.1, -0.05) is 43.4 Å². The number of ketones is 3. The molecule has 6 bridgehead atoms. The van der Waals surface area contributed by atoms with Gasteiger partial charge in [-0.3, -0.25) is 29.1 Å². The number of carbonyl (C=O) groups is 3. The van der Waals surface area contributed by atoms with Gasteiger partial charge in [0.15, 0.2) is 17.3 Å². The molecule has 6 aliphatic rings. The third kappa shape index (κ3) is 13.9. The summed E-state index contributed by atoms with van der Waals surface area (Å²) in [6, 6.07) is 38.5. The molecule has 0 aliphatic carbocycles. The van der Waals surface area contributed by atoms with Crippen LogP contribution in [0.1, 0.15) is 160 Å². The lowest BCUT2D eigenvalue weighted by Gasteiger charge is -2.21. The van der Waals surface area contributed by atoms with E-state index < -0.39 is 13.5 Å². The Hall–Kier alpha value is -8.03. The third-order valence-corrected chi connectivity index (χ3v) is 22.1. The monoisotopic (exact) mass is 1270 g/mol. The normalized spacial score (nSPS) is 23.1. The van der Waals surface area contributed by atoms with E-state index >= 15 is 0 Å². The van der Waals surface area contributed by atoms with Gasteiger partial charge in [0, 0.05) is 95.3 Å². The molecule has 6 unspecified atom stereocenters. The van der Waals surface area contributed by atoms with Gasteiger partial charge >= 0.3 is 0 Å². The van der Waals surface area contributed by atoms with Crippen LogP contribution in [0.3, 0.4) is 0 Å². The number of allylic oxidation sites excluding steroid dienone is 1. The number of nitrogens with zero attached hydrogens (tertiary/aromatic N) is 11. The number of rotatable bonds is 18. The van der Waals surface area contributed by atoms with E-state index in [2.05, 4.69) is 75.3 Å². The van der Waals surface area contributed by atoms with E-state index in [1.54, 1.807) is 47.0 Å². The smallest absolute Gasteiger partial charge is 0.180 e. The molecule has 3 aromatic heterocycles. The Balaban J connectivity index is 0.000000152. The molecular weight excluding hydrogens is 1190 g/mol. The first-order chi connectivity index (χ1) is 43.9. The van der Waals surface area contributed by atoms with Gasteiger partial charge in [0.05, 0.1) is 101 Å². The minimum atomic E-state index is -1.24. The van der Waals surface area contributed by atoms with E-state index in [0.29, 0.717) is 68.9 Å². The van der Waals surface area contributed by atoms with E-state index in [4.69, 9.17) is 27.4 Å². The Labute approximate surface area is 546 Å². The lowest BCUT2D eigenvalue weighted by Crippen LogP contribution is -2.36. The molecule has 3 N–H and O–H groups in total. The summed E-state index contributed by atoms with van der Waals surface area (Å²) < 4.78 is 5.88. The van der Waals surface area contributed by atoms with Crippen LogP contribution in [0.15, 0.2) is 91.0 Å². The first-order valence-electron chi connectivity index (χ1n) is 32.1. The number of nitriles is 5. The highest BCUT2D eigenvalue weighted by Gasteiger charge is 2.48. The average molecular weight is 1270 g/mol. The van der Waals surface area contributed by atoms with Crippen molar-refractivity contribution in [3.63, 3.8) is 0 Å². The van der Waals surface area contributed by atoms with Gasteiger partial charge in [-0.25, -0.2) is 0 Å². The molecule has 12 rings (SSSR count). The van der Waals surface area contributed by atoms with Gasteiger partial charge < -0.3 is 29.0 Å². The summed E-state index contributed by atoms with van der Waals surface area (Å²) >= 11 is 6.85. The maximum absolute atomic E-state index is 13.5. The van der Waals surface area contributed by atoms with Crippen LogP contribution < -0.4 is 0 Å². The van der Waals surface area contributed by atoms with Gasteiger partial charge in [0.1, 0.15) is 11.8 Å². The molecule has 0 amide bonds. The van der Waals surface area contributed by atoms with E-state index in [1.165, 1.54) is 0 Å². The van der Waals surface area contributed by atoms with Crippen molar-refractivity contribution >= 4 is 43.1 Å². The number of hydrogen-bond acceptors (Lipinski definition) is 14. The molecule has 9 atom stereocenters. The van der Waals surface area contributed by atoms with Crippen molar-refractivity contribution in [3.8, 4) is 47.4 Å². The average Bonchev–Trinajstić information content (AvgIpc) is 1.64. The van der Waals surface area contributed by atoms with Gasteiger partial charge in [-0.05, 0) is 196 Å². The number of hydrogen-bond donors (Lipinski definition) is 3. The highest BCUT2D eigenvalue weighted by molar-refractivity contribution is 6.76. The van der Waals surface area contributed by atoms with E-state index in [1.807, 2.05) is 87.7 Å². The summed E-state index contributed by atoms with van der Waals surface area (Å²) in [7, 11) is -1.24. The highest BCUT2D eigenvalue weighted by atomic mass is 35.5. The van der Waals surface area contributed by atoms with Crippen molar-refractivity contribution in [1.29, 1.82) is 26.3 Å². The molecule has 92 heavy (non-hydrogen) atoms. The molecule has 3 aromatic carbocycles. The molecular formula is C73H82ClN11O6Si. The van der Waals surface area contributed by atoms with Crippen LogP contribution in [0.25, 0.3) is 23.1 Å². The minimum Gasteiger partial charge on any atom is -0.391 e. The molecule has 6 aromatic rings. The van der Waals surface area contributed by atoms with Crippen molar-refractivity contribution in [2.24, 2.45) is 5.41 Å². The second-order valence-electron chi connectivity index (χ2n) is 27.7. The van der Waals surface area contributed by atoms with E-state index in [0.717, 1.165) is 110 Å². The van der Waals surface area contributed by atoms with Crippen LogP contribution in [0, 0.1) is 82.8 Å². The zero-order valence-electron chi connectivity index (χ0n) is 53.9. The van der Waals surface area contributed by atoms with Gasteiger partial charge in [-0.15, -0.1) is 0 Å². The Morgan fingerprint density at radius 1 is 0.565 bits per heavy atom. The SMILES string of the molecule is Cc1c(C(=O)CN2C3CCC2[C@@H](O)C3)c(Cl)c(/C=C/CC(C)(C)C#N)n1-c1ccc(C#N)cc1.Cc1c(C(=O)CN2C3CCC2[C@@H](O)C3)cc(C#N)n1-c1ccc(C#N)cc1.Cc1c(C(=O)CN2C3CCC2[C@@H](O)C3)cc(CC[Si](C)(C)C)n1-c1ccc(C#N)cc1. The van der Waals surface area contributed by atoms with E-state index in [-0.39, 0.29) is 79.0 Å².